The van der Waals surface area contributed by atoms with Crippen molar-refractivity contribution in [1.29, 1.82) is 0 Å². The zero-order valence-corrected chi connectivity index (χ0v) is 24.5. The first kappa shape index (κ1) is 26.1. The topological polar surface area (TPSA) is 113 Å². The van der Waals surface area contributed by atoms with E-state index >= 15 is 4.79 Å². The summed E-state index contributed by atoms with van der Waals surface area (Å²) < 4.78 is 1.65. The number of nitrogens with one attached hydrogen (secondary N) is 3. The number of amides is 1. The maximum atomic E-state index is 15.1. The maximum Gasteiger partial charge on any atom is 0.293 e. The third kappa shape index (κ3) is 3.54. The van der Waals surface area contributed by atoms with Crippen LogP contribution in [0.5, 0.6) is 0 Å². The number of halogens is 2. The smallest absolute Gasteiger partial charge is 0.293 e. The van der Waals surface area contributed by atoms with Crippen molar-refractivity contribution in [3.05, 3.63) is 132 Å². The van der Waals surface area contributed by atoms with E-state index in [0.717, 1.165) is 20.1 Å². The van der Waals surface area contributed by atoms with Crippen molar-refractivity contribution >= 4 is 60.6 Å². The number of hydrogen-bond acceptors (Lipinski definition) is 6. The quantitative estimate of drug-likeness (QED) is 0.165. The van der Waals surface area contributed by atoms with Gasteiger partial charge < -0.3 is 10.6 Å². The summed E-state index contributed by atoms with van der Waals surface area (Å²) in [4.78, 5) is 41.0. The van der Waals surface area contributed by atoms with Gasteiger partial charge in [-0.1, -0.05) is 80.4 Å². The van der Waals surface area contributed by atoms with E-state index in [2.05, 4.69) is 47.8 Å². The number of benzene rings is 4. The molecule has 10 heteroatoms. The van der Waals surface area contributed by atoms with Crippen LogP contribution in [0.4, 0.5) is 17.1 Å². The Bertz CT molecular complexity index is 1760. The van der Waals surface area contributed by atoms with Crippen LogP contribution in [0.3, 0.4) is 0 Å². The molecule has 1 amide bonds. The number of nitro groups is 1. The SMILES string of the molecule is O=C1c2cccc([N+](=O)[O-])c2NC[C@@]12[C@H](c1ccc(Br)cc1)[C@@H](c1ccccc1)N[C@]21C(=O)Nc2ccc(Br)cc21. The van der Waals surface area contributed by atoms with Gasteiger partial charge in [-0.15, -0.1) is 0 Å². The summed E-state index contributed by atoms with van der Waals surface area (Å²) in [6.07, 6.45) is 0. The normalized spacial score (nSPS) is 26.0. The lowest BCUT2D eigenvalue weighted by atomic mass is 9.55. The molecule has 41 heavy (non-hydrogen) atoms. The molecular weight excluding hydrogens is 652 g/mol. The molecule has 204 valence electrons. The Labute approximate surface area is 252 Å². The van der Waals surface area contributed by atoms with Gasteiger partial charge in [-0.05, 0) is 47.5 Å². The van der Waals surface area contributed by atoms with Crippen LogP contribution in [-0.4, -0.2) is 23.2 Å². The molecule has 1 saturated heterocycles. The number of Topliss-reactive ketones (excluding diaryl/α,β-unsaturated/α-hetero) is 1. The summed E-state index contributed by atoms with van der Waals surface area (Å²) in [7, 11) is 0. The standard InChI is InChI=1S/C31H22Br2N4O4/c32-19-11-9-17(10-12-19)25-26(18-5-2-1-3-6-18)36-31(22-15-20(33)13-14-23(22)35-29(31)39)30(25)16-34-27-21(28(30)38)7-4-8-24(27)37(40)41/h1-15,25-26,34,36H,16H2,(H,35,39)/t25-,26-,30-,31-/m1/s1. The average molecular weight is 674 g/mol. The van der Waals surface area contributed by atoms with Gasteiger partial charge in [0, 0.05) is 50.3 Å². The molecule has 4 aromatic carbocycles. The number of carbonyl (C=O) groups is 2. The maximum absolute atomic E-state index is 15.1. The second-order valence-corrected chi connectivity index (χ2v) is 12.4. The number of nitrogens with zero attached hydrogens (tertiary/aromatic N) is 1. The Kier molecular flexibility index (Phi) is 5.93. The number of carbonyl (C=O) groups excluding carboxylic acids is 2. The lowest BCUT2D eigenvalue weighted by molar-refractivity contribution is -0.384. The fraction of sp³-hybridized carbons (Fsp3) is 0.161. The van der Waals surface area contributed by atoms with Crippen LogP contribution >= 0.6 is 31.9 Å². The molecule has 0 unspecified atom stereocenters. The number of ketones is 1. The zero-order valence-electron chi connectivity index (χ0n) is 21.4. The largest absolute Gasteiger partial charge is 0.378 e. The van der Waals surface area contributed by atoms with Crippen LogP contribution in [0.1, 0.15) is 39.0 Å². The molecule has 7 rings (SSSR count). The van der Waals surface area contributed by atoms with E-state index in [1.165, 1.54) is 12.1 Å². The number of anilines is 2. The molecule has 3 heterocycles. The van der Waals surface area contributed by atoms with Crippen LogP contribution in [0, 0.1) is 15.5 Å². The Hall–Kier alpha value is -3.86. The molecule has 1 fully saturated rings. The van der Waals surface area contributed by atoms with Crippen molar-refractivity contribution < 1.29 is 14.5 Å². The summed E-state index contributed by atoms with van der Waals surface area (Å²) >= 11 is 7.10. The Morgan fingerprint density at radius 3 is 2.32 bits per heavy atom. The van der Waals surface area contributed by atoms with E-state index in [1.807, 2.05) is 72.8 Å². The lowest BCUT2D eigenvalue weighted by Gasteiger charge is -2.46. The van der Waals surface area contributed by atoms with Crippen LogP contribution in [0.15, 0.2) is 99.9 Å². The molecule has 0 radical (unpaired) electrons. The predicted molar refractivity (Wildman–Crippen MR) is 162 cm³/mol. The van der Waals surface area contributed by atoms with Gasteiger partial charge in [0.2, 0.25) is 0 Å². The molecule has 4 aromatic rings. The molecule has 2 spiro atoms. The highest BCUT2D eigenvalue weighted by atomic mass is 79.9. The molecule has 0 aliphatic carbocycles. The van der Waals surface area contributed by atoms with Gasteiger partial charge >= 0.3 is 0 Å². The summed E-state index contributed by atoms with van der Waals surface area (Å²) in [5, 5.41) is 21.9. The summed E-state index contributed by atoms with van der Waals surface area (Å²) in [5.74, 6) is -1.19. The van der Waals surface area contributed by atoms with Crippen molar-refractivity contribution in [2.45, 2.75) is 17.5 Å². The van der Waals surface area contributed by atoms with Gasteiger partial charge in [-0.25, -0.2) is 0 Å². The molecule has 4 atom stereocenters. The van der Waals surface area contributed by atoms with Crippen LogP contribution < -0.4 is 16.0 Å². The zero-order chi connectivity index (χ0) is 28.5. The van der Waals surface area contributed by atoms with E-state index < -0.39 is 27.8 Å². The lowest BCUT2D eigenvalue weighted by Crippen LogP contribution is -2.62. The first-order chi connectivity index (χ1) is 19.8. The van der Waals surface area contributed by atoms with Crippen molar-refractivity contribution in [2.75, 3.05) is 17.2 Å². The van der Waals surface area contributed by atoms with E-state index in [0.29, 0.717) is 11.3 Å². The number of rotatable bonds is 3. The van der Waals surface area contributed by atoms with E-state index in [1.54, 1.807) is 6.07 Å². The molecule has 0 bridgehead atoms. The highest BCUT2D eigenvalue weighted by molar-refractivity contribution is 9.10. The summed E-state index contributed by atoms with van der Waals surface area (Å²) in [5.41, 5.74) is 0.359. The van der Waals surface area contributed by atoms with E-state index in [4.69, 9.17) is 0 Å². The number of fused-ring (bicyclic) bond motifs is 4. The van der Waals surface area contributed by atoms with Crippen molar-refractivity contribution in [2.24, 2.45) is 5.41 Å². The summed E-state index contributed by atoms with van der Waals surface area (Å²) in [6.45, 7) is 0.000123. The number of nitro benzene ring substituents is 1. The van der Waals surface area contributed by atoms with Gasteiger partial charge in [0.05, 0.1) is 10.3 Å². The molecule has 3 aliphatic heterocycles. The van der Waals surface area contributed by atoms with Crippen LogP contribution in [-0.2, 0) is 10.3 Å². The average Bonchev–Trinajstić information content (AvgIpc) is 3.44. The number of hydrogen-bond donors (Lipinski definition) is 3. The Balaban J connectivity index is 1.58. The molecule has 8 nitrogen and oxygen atoms in total. The van der Waals surface area contributed by atoms with E-state index in [9.17, 15) is 14.9 Å². The molecular formula is C31H22Br2N4O4. The molecule has 3 N–H and O–H groups in total. The minimum atomic E-state index is -1.49. The van der Waals surface area contributed by atoms with Gasteiger partial charge in [-0.3, -0.25) is 25.0 Å². The van der Waals surface area contributed by atoms with Gasteiger partial charge in [-0.2, -0.15) is 0 Å². The first-order valence-corrected chi connectivity index (χ1v) is 14.6. The fourth-order valence-electron chi connectivity index (χ4n) is 7.08. The minimum Gasteiger partial charge on any atom is -0.378 e. The highest BCUT2D eigenvalue weighted by Crippen LogP contribution is 2.66. The third-order valence-electron chi connectivity index (χ3n) is 8.70. The molecule has 0 aromatic heterocycles. The third-order valence-corrected chi connectivity index (χ3v) is 9.72. The highest BCUT2D eigenvalue weighted by Gasteiger charge is 2.74. The first-order valence-electron chi connectivity index (χ1n) is 13.0. The van der Waals surface area contributed by atoms with Crippen molar-refractivity contribution in [3.8, 4) is 0 Å². The van der Waals surface area contributed by atoms with Gasteiger partial charge in [0.15, 0.2) is 5.78 Å². The predicted octanol–water partition coefficient (Wildman–Crippen LogP) is 6.69. The van der Waals surface area contributed by atoms with Gasteiger partial charge in [0.1, 0.15) is 11.2 Å². The second-order valence-electron chi connectivity index (χ2n) is 10.6. The van der Waals surface area contributed by atoms with Crippen molar-refractivity contribution in [1.82, 2.24) is 5.32 Å². The van der Waals surface area contributed by atoms with Crippen LogP contribution in [0.2, 0.25) is 0 Å². The number of para-hydroxylation sites is 1. The van der Waals surface area contributed by atoms with Crippen molar-refractivity contribution in [3.63, 3.8) is 0 Å². The fourth-order valence-corrected chi connectivity index (χ4v) is 7.70. The van der Waals surface area contributed by atoms with Crippen LogP contribution in [0.25, 0.3) is 0 Å². The molecule has 0 saturated carbocycles. The van der Waals surface area contributed by atoms with E-state index in [-0.39, 0.29) is 35.2 Å². The molecule has 3 aliphatic rings. The monoisotopic (exact) mass is 672 g/mol. The summed E-state index contributed by atoms with van der Waals surface area (Å²) in [6, 6.07) is 27.2. The minimum absolute atomic E-state index is 0.000123. The Morgan fingerprint density at radius 1 is 0.854 bits per heavy atom. The van der Waals surface area contributed by atoms with Gasteiger partial charge in [0.25, 0.3) is 11.6 Å². The second kappa shape index (κ2) is 9.34. The Morgan fingerprint density at radius 2 is 1.59 bits per heavy atom.